The van der Waals surface area contributed by atoms with Crippen molar-refractivity contribution >= 4 is 0 Å². The highest BCUT2D eigenvalue weighted by Gasteiger charge is 2.07. The Kier molecular flexibility index (Phi) is 4.90. The number of likely N-dealkylation sites (N-methyl/N-ethyl adjacent to an activating group) is 1. The minimum absolute atomic E-state index is 0.132. The average Bonchev–Trinajstić information content (AvgIpc) is 2.29. The number of hydrogen-bond acceptors (Lipinski definition) is 2. The summed E-state index contributed by atoms with van der Waals surface area (Å²) in [5, 5.41) is 0. The van der Waals surface area contributed by atoms with Gasteiger partial charge in [-0.3, -0.25) is 0 Å². The molecule has 0 aromatic heterocycles. The molecule has 3 heteroatoms. The summed E-state index contributed by atoms with van der Waals surface area (Å²) < 4.78 is 13.1. The van der Waals surface area contributed by atoms with Gasteiger partial charge in [-0.25, -0.2) is 4.39 Å². The van der Waals surface area contributed by atoms with Gasteiger partial charge >= 0.3 is 0 Å². The highest BCUT2D eigenvalue weighted by atomic mass is 19.1. The Hall–Kier alpha value is -0.930. The first-order valence-electron chi connectivity index (χ1n) is 5.70. The first-order chi connectivity index (χ1) is 7.54. The fraction of sp³-hybridized carbons (Fsp3) is 0.538. The van der Waals surface area contributed by atoms with Gasteiger partial charge in [-0.05, 0) is 44.5 Å². The third-order valence-corrected chi connectivity index (χ3v) is 3.07. The van der Waals surface area contributed by atoms with Gasteiger partial charge < -0.3 is 10.6 Å². The molecule has 0 fully saturated rings. The lowest BCUT2D eigenvalue weighted by Gasteiger charge is -2.23. The molecule has 16 heavy (non-hydrogen) atoms. The standard InChI is InChI=1S/C13H21FN2/c1-10-8-12(4-5-13(10)14)6-7-16(3)11(2)9-15/h4-5,8,11H,6-7,9,15H2,1-3H3. The van der Waals surface area contributed by atoms with Gasteiger partial charge in [0.05, 0.1) is 0 Å². The molecule has 0 saturated carbocycles. The summed E-state index contributed by atoms with van der Waals surface area (Å²) in [5.41, 5.74) is 7.49. The molecular weight excluding hydrogens is 203 g/mol. The third-order valence-electron chi connectivity index (χ3n) is 3.07. The highest BCUT2D eigenvalue weighted by Crippen LogP contribution is 2.10. The lowest BCUT2D eigenvalue weighted by Crippen LogP contribution is -2.36. The van der Waals surface area contributed by atoms with Crippen molar-refractivity contribution in [2.24, 2.45) is 5.73 Å². The van der Waals surface area contributed by atoms with Crippen molar-refractivity contribution in [1.82, 2.24) is 4.90 Å². The normalized spacial score (nSPS) is 13.1. The molecule has 0 bridgehead atoms. The maximum Gasteiger partial charge on any atom is 0.126 e. The molecular formula is C13H21FN2. The van der Waals surface area contributed by atoms with Crippen molar-refractivity contribution in [2.45, 2.75) is 26.3 Å². The van der Waals surface area contributed by atoms with Gasteiger partial charge in [0.2, 0.25) is 0 Å². The Morgan fingerprint density at radius 2 is 2.12 bits per heavy atom. The van der Waals surface area contributed by atoms with Gasteiger partial charge in [-0.15, -0.1) is 0 Å². The molecule has 1 atom stereocenters. The minimum Gasteiger partial charge on any atom is -0.329 e. The van der Waals surface area contributed by atoms with Crippen LogP contribution in [0.3, 0.4) is 0 Å². The van der Waals surface area contributed by atoms with Crippen LogP contribution in [0.4, 0.5) is 4.39 Å². The second kappa shape index (κ2) is 5.97. The maximum atomic E-state index is 13.1. The summed E-state index contributed by atoms with van der Waals surface area (Å²) in [6.07, 6.45) is 0.932. The number of nitrogens with zero attached hydrogens (tertiary/aromatic N) is 1. The molecule has 0 aliphatic carbocycles. The Bertz CT molecular complexity index is 339. The lowest BCUT2D eigenvalue weighted by molar-refractivity contribution is 0.266. The van der Waals surface area contributed by atoms with Crippen molar-refractivity contribution in [3.63, 3.8) is 0 Å². The van der Waals surface area contributed by atoms with E-state index in [4.69, 9.17) is 5.73 Å². The Morgan fingerprint density at radius 3 is 2.69 bits per heavy atom. The lowest BCUT2D eigenvalue weighted by atomic mass is 10.1. The number of halogens is 1. The SMILES string of the molecule is Cc1cc(CCN(C)C(C)CN)ccc1F. The van der Waals surface area contributed by atoms with Gasteiger partial charge in [0, 0.05) is 19.1 Å². The summed E-state index contributed by atoms with van der Waals surface area (Å²) in [5.74, 6) is -0.132. The van der Waals surface area contributed by atoms with E-state index in [9.17, 15) is 4.39 Å². The Balaban J connectivity index is 2.51. The van der Waals surface area contributed by atoms with E-state index in [-0.39, 0.29) is 5.82 Å². The molecule has 2 nitrogen and oxygen atoms in total. The van der Waals surface area contributed by atoms with E-state index in [1.807, 2.05) is 12.1 Å². The van der Waals surface area contributed by atoms with Gasteiger partial charge in [0.15, 0.2) is 0 Å². The molecule has 2 N–H and O–H groups in total. The largest absolute Gasteiger partial charge is 0.329 e. The van der Waals surface area contributed by atoms with Crippen molar-refractivity contribution in [1.29, 1.82) is 0 Å². The van der Waals surface area contributed by atoms with Crippen LogP contribution in [0.5, 0.6) is 0 Å². The van der Waals surface area contributed by atoms with E-state index in [0.717, 1.165) is 13.0 Å². The van der Waals surface area contributed by atoms with E-state index < -0.39 is 0 Å². The van der Waals surface area contributed by atoms with E-state index >= 15 is 0 Å². The minimum atomic E-state index is -0.132. The number of rotatable bonds is 5. The van der Waals surface area contributed by atoms with Crippen molar-refractivity contribution in [3.05, 3.63) is 35.1 Å². The first-order valence-corrected chi connectivity index (χ1v) is 5.70. The van der Waals surface area contributed by atoms with E-state index in [1.165, 1.54) is 11.6 Å². The van der Waals surface area contributed by atoms with Gasteiger partial charge in [0.25, 0.3) is 0 Å². The van der Waals surface area contributed by atoms with E-state index in [0.29, 0.717) is 18.2 Å². The summed E-state index contributed by atoms with van der Waals surface area (Å²) >= 11 is 0. The third kappa shape index (κ3) is 3.58. The van der Waals surface area contributed by atoms with Gasteiger partial charge in [-0.1, -0.05) is 12.1 Å². The number of nitrogens with two attached hydrogens (primary N) is 1. The molecule has 0 saturated heterocycles. The molecule has 1 rings (SSSR count). The van der Waals surface area contributed by atoms with Crippen LogP contribution in [-0.2, 0) is 6.42 Å². The molecule has 1 aromatic carbocycles. The summed E-state index contributed by atoms with van der Waals surface area (Å²) in [6, 6.07) is 5.69. The summed E-state index contributed by atoms with van der Waals surface area (Å²) in [4.78, 5) is 2.22. The molecule has 0 aliphatic heterocycles. The second-order valence-corrected chi connectivity index (χ2v) is 4.40. The van der Waals surface area contributed by atoms with Crippen molar-refractivity contribution in [2.75, 3.05) is 20.1 Å². The molecule has 0 heterocycles. The van der Waals surface area contributed by atoms with Crippen LogP contribution in [0.1, 0.15) is 18.1 Å². The molecule has 0 radical (unpaired) electrons. The van der Waals surface area contributed by atoms with Gasteiger partial charge in [-0.2, -0.15) is 0 Å². The van der Waals surface area contributed by atoms with E-state index in [1.54, 1.807) is 6.92 Å². The number of benzene rings is 1. The molecule has 0 amide bonds. The maximum absolute atomic E-state index is 13.1. The molecule has 0 spiro atoms. The fourth-order valence-electron chi connectivity index (χ4n) is 1.57. The summed E-state index contributed by atoms with van der Waals surface area (Å²) in [6.45, 7) is 5.52. The Labute approximate surface area is 97.3 Å². The predicted molar refractivity (Wildman–Crippen MR) is 66.0 cm³/mol. The molecule has 0 aliphatic rings. The molecule has 1 aromatic rings. The van der Waals surface area contributed by atoms with E-state index in [2.05, 4.69) is 18.9 Å². The van der Waals surface area contributed by atoms with Crippen molar-refractivity contribution in [3.8, 4) is 0 Å². The van der Waals surface area contributed by atoms with Gasteiger partial charge in [0.1, 0.15) is 5.82 Å². The van der Waals surface area contributed by atoms with Crippen LogP contribution in [-0.4, -0.2) is 31.1 Å². The highest BCUT2D eigenvalue weighted by molar-refractivity contribution is 5.24. The zero-order valence-corrected chi connectivity index (χ0v) is 10.3. The molecule has 1 unspecified atom stereocenters. The van der Waals surface area contributed by atoms with Crippen molar-refractivity contribution < 1.29 is 4.39 Å². The predicted octanol–water partition coefficient (Wildman–Crippen LogP) is 1.96. The zero-order chi connectivity index (χ0) is 12.1. The quantitative estimate of drug-likeness (QED) is 0.828. The zero-order valence-electron chi connectivity index (χ0n) is 10.3. The monoisotopic (exact) mass is 224 g/mol. The van der Waals surface area contributed by atoms with Crippen LogP contribution in [0.15, 0.2) is 18.2 Å². The topological polar surface area (TPSA) is 29.3 Å². The smallest absolute Gasteiger partial charge is 0.126 e. The Morgan fingerprint density at radius 1 is 1.44 bits per heavy atom. The number of aryl methyl sites for hydroxylation is 1. The van der Waals surface area contributed by atoms with Crippen LogP contribution in [0, 0.1) is 12.7 Å². The second-order valence-electron chi connectivity index (χ2n) is 4.40. The van der Waals surface area contributed by atoms with Crippen LogP contribution >= 0.6 is 0 Å². The fourth-order valence-corrected chi connectivity index (χ4v) is 1.57. The number of hydrogen-bond donors (Lipinski definition) is 1. The average molecular weight is 224 g/mol. The van der Waals surface area contributed by atoms with Crippen LogP contribution in [0.2, 0.25) is 0 Å². The van der Waals surface area contributed by atoms with Crippen LogP contribution < -0.4 is 5.73 Å². The van der Waals surface area contributed by atoms with Crippen LogP contribution in [0.25, 0.3) is 0 Å². The molecule has 90 valence electrons. The summed E-state index contributed by atoms with van der Waals surface area (Å²) in [7, 11) is 2.06. The first kappa shape index (κ1) is 13.1.